The van der Waals surface area contributed by atoms with Gasteiger partial charge in [-0.3, -0.25) is 4.79 Å². The quantitative estimate of drug-likeness (QED) is 0.772. The van der Waals surface area contributed by atoms with Crippen molar-refractivity contribution in [2.45, 2.75) is 38.6 Å². The molecule has 0 fully saturated rings. The predicted octanol–water partition coefficient (Wildman–Crippen LogP) is 3.02. The van der Waals surface area contributed by atoms with Crippen LogP contribution >= 0.6 is 0 Å². The summed E-state index contributed by atoms with van der Waals surface area (Å²) in [5.41, 5.74) is 2.92. The van der Waals surface area contributed by atoms with Gasteiger partial charge in [0.25, 0.3) is 0 Å². The highest BCUT2D eigenvalue weighted by Gasteiger charge is 2.26. The van der Waals surface area contributed by atoms with Crippen LogP contribution in [0.1, 0.15) is 30.0 Å². The minimum Gasteiger partial charge on any atom is -0.355 e. The number of amides is 1. The summed E-state index contributed by atoms with van der Waals surface area (Å²) in [6.45, 7) is 6.30. The Kier molecular flexibility index (Phi) is 6.94. The molecule has 0 aliphatic carbocycles. The molecule has 0 unspecified atom stereocenters. The lowest BCUT2D eigenvalue weighted by Gasteiger charge is -2.22. The van der Waals surface area contributed by atoms with Crippen LogP contribution in [0.15, 0.2) is 53.4 Å². The van der Waals surface area contributed by atoms with E-state index in [0.717, 1.165) is 23.1 Å². The summed E-state index contributed by atoms with van der Waals surface area (Å²) in [7, 11) is -3.77. The fourth-order valence-electron chi connectivity index (χ4n) is 2.46. The van der Waals surface area contributed by atoms with Crippen LogP contribution in [0.25, 0.3) is 0 Å². The fraction of sp³-hybridized carbons (Fsp3) is 0.350. The zero-order chi connectivity index (χ0) is 19.2. The van der Waals surface area contributed by atoms with Gasteiger partial charge in [0.1, 0.15) is 0 Å². The Labute approximate surface area is 156 Å². The summed E-state index contributed by atoms with van der Waals surface area (Å²) >= 11 is 0. The Morgan fingerprint density at radius 3 is 2.04 bits per heavy atom. The Morgan fingerprint density at radius 1 is 0.962 bits per heavy atom. The van der Waals surface area contributed by atoms with Gasteiger partial charge in [-0.15, -0.1) is 0 Å². The number of nitrogens with zero attached hydrogens (tertiary/aromatic N) is 1. The molecule has 2 rings (SSSR count). The zero-order valence-corrected chi connectivity index (χ0v) is 16.3. The Balaban J connectivity index is 2.30. The highest BCUT2D eigenvalue weighted by atomic mass is 32.2. The second-order valence-electron chi connectivity index (χ2n) is 6.42. The molecule has 0 atom stereocenters. The van der Waals surface area contributed by atoms with E-state index in [4.69, 9.17) is 0 Å². The first-order valence-corrected chi connectivity index (χ1v) is 10.2. The van der Waals surface area contributed by atoms with Crippen LogP contribution in [0.3, 0.4) is 0 Å². The summed E-state index contributed by atoms with van der Waals surface area (Å²) in [5.74, 6) is -0.297. The third-order valence-electron chi connectivity index (χ3n) is 4.03. The molecule has 26 heavy (non-hydrogen) atoms. The van der Waals surface area contributed by atoms with Crippen molar-refractivity contribution in [3.63, 3.8) is 0 Å². The monoisotopic (exact) mass is 374 g/mol. The second-order valence-corrected chi connectivity index (χ2v) is 8.36. The molecule has 0 heterocycles. The highest BCUT2D eigenvalue weighted by Crippen LogP contribution is 2.19. The van der Waals surface area contributed by atoms with Crippen LogP contribution in [0, 0.1) is 13.8 Å². The van der Waals surface area contributed by atoms with Gasteiger partial charge in [0, 0.05) is 13.1 Å². The molecule has 140 valence electrons. The molecule has 1 amide bonds. The Morgan fingerprint density at radius 2 is 1.50 bits per heavy atom. The third kappa shape index (κ3) is 5.41. The molecule has 1 N–H and O–H groups in total. The van der Waals surface area contributed by atoms with E-state index in [1.54, 1.807) is 24.3 Å². The molecule has 0 saturated carbocycles. The normalized spacial score (nSPS) is 11.5. The number of hydrogen-bond donors (Lipinski definition) is 1. The van der Waals surface area contributed by atoms with Gasteiger partial charge in [0.15, 0.2) is 0 Å². The average molecular weight is 375 g/mol. The van der Waals surface area contributed by atoms with Gasteiger partial charge < -0.3 is 5.32 Å². The average Bonchev–Trinajstić information content (AvgIpc) is 2.61. The maximum atomic E-state index is 13.1. The topological polar surface area (TPSA) is 66.5 Å². The van der Waals surface area contributed by atoms with Gasteiger partial charge in [0.05, 0.1) is 11.4 Å². The highest BCUT2D eigenvalue weighted by molar-refractivity contribution is 7.89. The number of rotatable bonds is 8. The van der Waals surface area contributed by atoms with Crippen LogP contribution in [-0.2, 0) is 21.4 Å². The lowest BCUT2D eigenvalue weighted by Crippen LogP contribution is -2.40. The van der Waals surface area contributed by atoms with Crippen LogP contribution in [0.5, 0.6) is 0 Å². The standard InChI is InChI=1S/C20H26N2O3S/c1-4-13-21-20(23)15-22(14-18-9-5-16(2)6-10-18)26(24,25)19-11-7-17(3)8-12-19/h5-12H,4,13-15H2,1-3H3,(H,21,23). The molecule has 0 radical (unpaired) electrons. The van der Waals surface area contributed by atoms with Crippen molar-refractivity contribution in [2.24, 2.45) is 0 Å². The van der Waals surface area contributed by atoms with Crippen molar-refractivity contribution in [3.05, 3.63) is 65.2 Å². The number of benzene rings is 2. The Bertz CT molecular complexity index is 828. The van der Waals surface area contributed by atoms with Crippen LogP contribution in [0.4, 0.5) is 0 Å². The molecule has 0 spiro atoms. The van der Waals surface area contributed by atoms with Crippen LogP contribution < -0.4 is 5.32 Å². The first-order valence-electron chi connectivity index (χ1n) is 8.72. The predicted molar refractivity (Wildman–Crippen MR) is 103 cm³/mol. The molecular weight excluding hydrogens is 348 g/mol. The first kappa shape index (κ1) is 20.1. The molecule has 6 heteroatoms. The van der Waals surface area contributed by atoms with E-state index < -0.39 is 10.0 Å². The van der Waals surface area contributed by atoms with Crippen LogP contribution in [0.2, 0.25) is 0 Å². The summed E-state index contributed by atoms with van der Waals surface area (Å²) in [6, 6.07) is 14.3. The first-order chi connectivity index (χ1) is 12.3. The van der Waals surface area contributed by atoms with E-state index in [2.05, 4.69) is 5.32 Å². The van der Waals surface area contributed by atoms with Crippen molar-refractivity contribution in [3.8, 4) is 0 Å². The molecule has 2 aromatic rings. The van der Waals surface area contributed by atoms with Gasteiger partial charge >= 0.3 is 0 Å². The summed E-state index contributed by atoms with van der Waals surface area (Å²) < 4.78 is 27.4. The molecule has 0 saturated heterocycles. The van der Waals surface area contributed by atoms with E-state index >= 15 is 0 Å². The summed E-state index contributed by atoms with van der Waals surface area (Å²) in [6.07, 6.45) is 0.800. The largest absolute Gasteiger partial charge is 0.355 e. The minimum atomic E-state index is -3.77. The molecular formula is C20H26N2O3S. The van der Waals surface area contributed by atoms with Gasteiger partial charge in [-0.25, -0.2) is 8.42 Å². The van der Waals surface area contributed by atoms with E-state index in [0.29, 0.717) is 6.54 Å². The molecule has 0 aromatic heterocycles. The molecule has 2 aromatic carbocycles. The van der Waals surface area contributed by atoms with Gasteiger partial charge in [-0.1, -0.05) is 54.4 Å². The van der Waals surface area contributed by atoms with Gasteiger partial charge in [-0.2, -0.15) is 4.31 Å². The third-order valence-corrected chi connectivity index (χ3v) is 5.84. The van der Waals surface area contributed by atoms with Crippen LogP contribution in [-0.4, -0.2) is 31.7 Å². The van der Waals surface area contributed by atoms with Crippen molar-refractivity contribution in [2.75, 3.05) is 13.1 Å². The summed E-state index contributed by atoms with van der Waals surface area (Å²) in [5, 5.41) is 2.75. The molecule has 0 bridgehead atoms. The number of sulfonamides is 1. The van der Waals surface area contributed by atoms with E-state index in [1.807, 2.05) is 45.0 Å². The maximum Gasteiger partial charge on any atom is 0.243 e. The van der Waals surface area contributed by atoms with Gasteiger partial charge in [0.2, 0.25) is 15.9 Å². The molecule has 0 aliphatic rings. The lowest BCUT2D eigenvalue weighted by atomic mass is 10.1. The number of aryl methyl sites for hydroxylation is 2. The second kappa shape index (κ2) is 8.96. The SMILES string of the molecule is CCCNC(=O)CN(Cc1ccc(C)cc1)S(=O)(=O)c1ccc(C)cc1. The molecule has 0 aliphatic heterocycles. The zero-order valence-electron chi connectivity index (χ0n) is 15.5. The maximum absolute atomic E-state index is 13.1. The van der Waals surface area contributed by atoms with Crippen molar-refractivity contribution < 1.29 is 13.2 Å². The number of carbonyl (C=O) groups is 1. The lowest BCUT2D eigenvalue weighted by molar-refractivity contribution is -0.121. The minimum absolute atomic E-state index is 0.149. The number of nitrogens with one attached hydrogen (secondary N) is 1. The van der Waals surface area contributed by atoms with E-state index in [-0.39, 0.29) is 23.9 Å². The van der Waals surface area contributed by atoms with Crippen molar-refractivity contribution in [1.82, 2.24) is 9.62 Å². The number of carbonyl (C=O) groups excluding carboxylic acids is 1. The van der Waals surface area contributed by atoms with Gasteiger partial charge in [-0.05, 0) is 38.0 Å². The van der Waals surface area contributed by atoms with E-state index in [1.165, 1.54) is 4.31 Å². The van der Waals surface area contributed by atoms with Crippen molar-refractivity contribution in [1.29, 1.82) is 0 Å². The fourth-order valence-corrected chi connectivity index (χ4v) is 3.85. The van der Waals surface area contributed by atoms with E-state index in [9.17, 15) is 13.2 Å². The smallest absolute Gasteiger partial charge is 0.243 e. The summed E-state index contributed by atoms with van der Waals surface area (Å²) in [4.78, 5) is 12.4. The number of hydrogen-bond acceptors (Lipinski definition) is 3. The Hall–Kier alpha value is -2.18. The van der Waals surface area contributed by atoms with Crippen molar-refractivity contribution >= 4 is 15.9 Å². The molecule has 5 nitrogen and oxygen atoms in total.